The van der Waals surface area contributed by atoms with Gasteiger partial charge in [-0.1, -0.05) is 337 Å². The first-order valence-corrected chi connectivity index (χ1v) is 42.0. The molecule has 558 valence electrons. The van der Waals surface area contributed by atoms with E-state index in [1.54, 1.807) is 0 Å². The molecular formula is C75H146O17P2. The molecule has 0 rings (SSSR count). The zero-order valence-corrected chi connectivity index (χ0v) is 63.1. The van der Waals surface area contributed by atoms with Gasteiger partial charge >= 0.3 is 39.5 Å². The van der Waals surface area contributed by atoms with Crippen LogP contribution in [0, 0.1) is 11.8 Å². The molecule has 3 N–H and O–H groups in total. The monoisotopic (exact) mass is 1380 g/mol. The van der Waals surface area contributed by atoms with Crippen LogP contribution in [0.3, 0.4) is 0 Å². The average molecular weight is 1380 g/mol. The summed E-state index contributed by atoms with van der Waals surface area (Å²) >= 11 is 0. The summed E-state index contributed by atoms with van der Waals surface area (Å²) < 4.78 is 68.2. The third kappa shape index (κ3) is 68.6. The molecule has 0 fully saturated rings. The van der Waals surface area contributed by atoms with Crippen molar-refractivity contribution >= 4 is 39.5 Å². The lowest BCUT2D eigenvalue weighted by Gasteiger charge is -2.21. The third-order valence-corrected chi connectivity index (χ3v) is 19.4. The van der Waals surface area contributed by atoms with E-state index >= 15 is 0 Å². The van der Waals surface area contributed by atoms with Crippen molar-refractivity contribution in [1.29, 1.82) is 0 Å². The molecule has 5 atom stereocenters. The molecule has 0 aromatic rings. The fourth-order valence-electron chi connectivity index (χ4n) is 11.5. The molecule has 17 nitrogen and oxygen atoms in total. The summed E-state index contributed by atoms with van der Waals surface area (Å²) in [5, 5.41) is 10.6. The number of carbonyl (C=O) groups excluding carboxylic acids is 4. The number of carbonyl (C=O) groups is 4. The van der Waals surface area contributed by atoms with Gasteiger partial charge in [-0.15, -0.1) is 0 Å². The minimum Gasteiger partial charge on any atom is -0.462 e. The molecule has 0 aliphatic heterocycles. The van der Waals surface area contributed by atoms with Gasteiger partial charge in [-0.2, -0.15) is 0 Å². The van der Waals surface area contributed by atoms with Gasteiger partial charge in [-0.05, 0) is 37.5 Å². The molecular weight excluding hydrogens is 1230 g/mol. The first kappa shape index (κ1) is 92.1. The van der Waals surface area contributed by atoms with Crippen molar-refractivity contribution < 1.29 is 80.2 Å². The Labute approximate surface area is 575 Å². The Morgan fingerprint density at radius 2 is 0.489 bits per heavy atom. The van der Waals surface area contributed by atoms with Crippen molar-refractivity contribution in [2.45, 2.75) is 407 Å². The fraction of sp³-hybridized carbons (Fsp3) is 0.947. The lowest BCUT2D eigenvalue weighted by Crippen LogP contribution is -2.30. The first-order valence-electron chi connectivity index (χ1n) is 39.0. The minimum atomic E-state index is -4.95. The largest absolute Gasteiger partial charge is 0.472 e. The normalized spacial score (nSPS) is 14.0. The quantitative estimate of drug-likeness (QED) is 0.0222. The van der Waals surface area contributed by atoms with E-state index in [1.807, 2.05) is 0 Å². The van der Waals surface area contributed by atoms with Gasteiger partial charge in [0.05, 0.1) is 26.4 Å². The lowest BCUT2D eigenvalue weighted by molar-refractivity contribution is -0.161. The first-order chi connectivity index (χ1) is 45.4. The van der Waals surface area contributed by atoms with Crippen molar-refractivity contribution in [1.82, 2.24) is 0 Å². The standard InChI is InChI=1S/C75H146O17P2/c1-7-9-11-13-14-15-16-17-18-19-20-21-22-23-24-29-32-35-41-47-53-59-74(79)92-71(64-86-73(78)58-52-46-40-34-31-28-26-25-27-30-33-38-44-49-55-67(3)4)66-90-94(83,84)88-62-69(76)61-87-93(81,82)89-65-70(63-85-72(77)57-51-43-12-10-8-2)91-75(80)60-54-48-42-37-36-39-45-50-56-68(5)6/h67-71,76H,7-66H2,1-6H3,(H,81,82)(H,83,84)/t69-,70+,71+/m0/s1. The predicted molar refractivity (Wildman–Crippen MR) is 381 cm³/mol. The van der Waals surface area contributed by atoms with E-state index in [2.05, 4.69) is 41.5 Å². The molecule has 94 heavy (non-hydrogen) atoms. The van der Waals surface area contributed by atoms with Crippen LogP contribution in [0.4, 0.5) is 0 Å². The van der Waals surface area contributed by atoms with E-state index in [4.69, 9.17) is 37.0 Å². The van der Waals surface area contributed by atoms with Crippen molar-refractivity contribution in [2.24, 2.45) is 11.8 Å². The molecule has 0 radical (unpaired) electrons. The van der Waals surface area contributed by atoms with Crippen LogP contribution in [0.1, 0.15) is 388 Å². The van der Waals surface area contributed by atoms with Gasteiger partial charge in [-0.25, -0.2) is 9.13 Å². The van der Waals surface area contributed by atoms with Gasteiger partial charge in [0, 0.05) is 25.7 Å². The smallest absolute Gasteiger partial charge is 0.462 e. The number of aliphatic hydroxyl groups is 1. The highest BCUT2D eigenvalue weighted by Gasteiger charge is 2.30. The van der Waals surface area contributed by atoms with Crippen molar-refractivity contribution in [3.8, 4) is 0 Å². The van der Waals surface area contributed by atoms with Gasteiger partial charge in [0.2, 0.25) is 0 Å². The lowest BCUT2D eigenvalue weighted by atomic mass is 10.0. The molecule has 0 spiro atoms. The Kier molecular flexibility index (Phi) is 65.5. The van der Waals surface area contributed by atoms with Gasteiger partial charge in [-0.3, -0.25) is 37.3 Å². The molecule has 0 bridgehead atoms. The number of aliphatic hydroxyl groups excluding tert-OH is 1. The van der Waals surface area contributed by atoms with Crippen molar-refractivity contribution in [3.63, 3.8) is 0 Å². The van der Waals surface area contributed by atoms with Crippen molar-refractivity contribution in [2.75, 3.05) is 39.6 Å². The fourth-order valence-corrected chi connectivity index (χ4v) is 13.1. The zero-order valence-electron chi connectivity index (χ0n) is 61.3. The molecule has 0 aliphatic rings. The number of rotatable bonds is 74. The van der Waals surface area contributed by atoms with Crippen LogP contribution < -0.4 is 0 Å². The molecule has 0 saturated carbocycles. The Hall–Kier alpha value is -1.94. The maximum absolute atomic E-state index is 13.1. The highest BCUT2D eigenvalue weighted by molar-refractivity contribution is 7.47. The Balaban J connectivity index is 5.12. The van der Waals surface area contributed by atoms with E-state index in [1.165, 1.54) is 199 Å². The van der Waals surface area contributed by atoms with E-state index in [0.29, 0.717) is 25.7 Å². The summed E-state index contributed by atoms with van der Waals surface area (Å²) in [6.45, 7) is 9.47. The number of phosphoric acid groups is 2. The van der Waals surface area contributed by atoms with Gasteiger partial charge < -0.3 is 33.8 Å². The summed E-state index contributed by atoms with van der Waals surface area (Å²) in [5.41, 5.74) is 0. The van der Waals surface area contributed by atoms with Gasteiger partial charge in [0.25, 0.3) is 0 Å². The van der Waals surface area contributed by atoms with E-state index in [9.17, 15) is 43.2 Å². The van der Waals surface area contributed by atoms with Crippen LogP contribution in [0.2, 0.25) is 0 Å². The van der Waals surface area contributed by atoms with Crippen LogP contribution in [0.5, 0.6) is 0 Å². The molecule has 0 aromatic heterocycles. The summed E-state index contributed by atoms with van der Waals surface area (Å²) in [6, 6.07) is 0. The molecule has 0 amide bonds. The van der Waals surface area contributed by atoms with Crippen LogP contribution in [0.25, 0.3) is 0 Å². The minimum absolute atomic E-state index is 0.104. The van der Waals surface area contributed by atoms with Crippen LogP contribution in [0.15, 0.2) is 0 Å². The van der Waals surface area contributed by atoms with Crippen LogP contribution >= 0.6 is 15.6 Å². The summed E-state index contributed by atoms with van der Waals surface area (Å²) in [7, 11) is -9.90. The Morgan fingerprint density at radius 1 is 0.287 bits per heavy atom. The maximum atomic E-state index is 13.1. The van der Waals surface area contributed by atoms with Crippen molar-refractivity contribution in [3.05, 3.63) is 0 Å². The Morgan fingerprint density at radius 3 is 0.723 bits per heavy atom. The zero-order chi connectivity index (χ0) is 69.3. The highest BCUT2D eigenvalue weighted by Crippen LogP contribution is 2.45. The van der Waals surface area contributed by atoms with E-state index < -0.39 is 97.5 Å². The topological polar surface area (TPSA) is 237 Å². The number of phosphoric ester groups is 2. The number of unbranched alkanes of at least 4 members (excludes halogenated alkanes) is 44. The summed E-state index contributed by atoms with van der Waals surface area (Å²) in [6.07, 6.45) is 54.8. The third-order valence-electron chi connectivity index (χ3n) is 17.5. The SMILES string of the molecule is CCCCCCCCCCCCCCCCCCCCCCCC(=O)O[C@H](COC(=O)CCCCCCCCCCCCCCCCC(C)C)COP(=O)(O)OC[C@@H](O)COP(=O)(O)OC[C@@H](COC(=O)CCCCCCC)OC(=O)CCCCCCCCCCC(C)C. The molecule has 0 heterocycles. The average Bonchev–Trinajstić information content (AvgIpc) is 2.64. The van der Waals surface area contributed by atoms with E-state index in [-0.39, 0.29) is 25.7 Å². The van der Waals surface area contributed by atoms with Gasteiger partial charge in [0.15, 0.2) is 12.2 Å². The number of esters is 4. The predicted octanol–water partition coefficient (Wildman–Crippen LogP) is 21.9. The number of hydrogen-bond acceptors (Lipinski definition) is 15. The highest BCUT2D eigenvalue weighted by atomic mass is 31.2. The Bertz CT molecular complexity index is 1820. The second kappa shape index (κ2) is 66.9. The summed E-state index contributed by atoms with van der Waals surface area (Å²) in [4.78, 5) is 72.4. The molecule has 2 unspecified atom stereocenters. The second-order valence-corrected chi connectivity index (χ2v) is 30.9. The second-order valence-electron chi connectivity index (χ2n) is 28.0. The number of hydrogen-bond donors (Lipinski definition) is 3. The van der Waals surface area contributed by atoms with E-state index in [0.717, 1.165) is 108 Å². The molecule has 19 heteroatoms. The molecule has 0 aromatic carbocycles. The maximum Gasteiger partial charge on any atom is 0.472 e. The van der Waals surface area contributed by atoms with Crippen LogP contribution in [-0.2, 0) is 65.4 Å². The van der Waals surface area contributed by atoms with Gasteiger partial charge in [0.1, 0.15) is 19.3 Å². The van der Waals surface area contributed by atoms with Crippen LogP contribution in [-0.4, -0.2) is 96.7 Å². The molecule has 0 saturated heterocycles. The summed E-state index contributed by atoms with van der Waals surface area (Å²) in [5.74, 6) is -0.614. The number of ether oxygens (including phenoxy) is 4. The molecule has 0 aliphatic carbocycles.